The van der Waals surface area contributed by atoms with Gasteiger partial charge in [-0.15, -0.1) is 0 Å². The van der Waals surface area contributed by atoms with Crippen molar-refractivity contribution in [2.75, 3.05) is 0 Å². The molecule has 0 aliphatic heterocycles. The van der Waals surface area contributed by atoms with Crippen LogP contribution < -0.4 is 5.32 Å². The summed E-state index contributed by atoms with van der Waals surface area (Å²) in [6.45, 7) is 6.42. The van der Waals surface area contributed by atoms with Gasteiger partial charge in [-0.3, -0.25) is 0 Å². The van der Waals surface area contributed by atoms with Gasteiger partial charge in [0.25, 0.3) is 0 Å². The van der Waals surface area contributed by atoms with Gasteiger partial charge in [0.1, 0.15) is 11.6 Å². The van der Waals surface area contributed by atoms with E-state index in [0.29, 0.717) is 5.92 Å². The second-order valence-corrected chi connectivity index (χ2v) is 5.06. The molecule has 1 aromatic rings. The van der Waals surface area contributed by atoms with Gasteiger partial charge in [-0.1, -0.05) is 20.3 Å². The highest BCUT2D eigenvalue weighted by Crippen LogP contribution is 2.16. The molecule has 1 rings (SSSR count). The lowest BCUT2D eigenvalue weighted by Crippen LogP contribution is -2.28. The van der Waals surface area contributed by atoms with Crippen LogP contribution in [0.5, 0.6) is 0 Å². The Bertz CT molecular complexity index is 443. The molecule has 0 aromatic heterocycles. The molecule has 4 heteroatoms. The van der Waals surface area contributed by atoms with E-state index in [4.69, 9.17) is 5.26 Å². The molecule has 0 saturated carbocycles. The van der Waals surface area contributed by atoms with E-state index in [-0.39, 0.29) is 23.7 Å². The van der Waals surface area contributed by atoms with Gasteiger partial charge in [-0.05, 0) is 31.4 Å². The number of halogens is 2. The Morgan fingerprint density at radius 1 is 1.26 bits per heavy atom. The third kappa shape index (κ3) is 4.60. The Labute approximate surface area is 113 Å². The minimum absolute atomic E-state index is 0.00463. The van der Waals surface area contributed by atoms with Gasteiger partial charge in [0.2, 0.25) is 0 Å². The average Bonchev–Trinajstić information content (AvgIpc) is 2.37. The maximum absolute atomic E-state index is 13.6. The van der Waals surface area contributed by atoms with Gasteiger partial charge in [0.15, 0.2) is 0 Å². The molecule has 0 bridgehead atoms. The lowest BCUT2D eigenvalue weighted by atomic mass is 10.00. The van der Waals surface area contributed by atoms with Gasteiger partial charge < -0.3 is 5.32 Å². The van der Waals surface area contributed by atoms with Crippen LogP contribution in [-0.4, -0.2) is 6.04 Å². The number of benzene rings is 1. The highest BCUT2D eigenvalue weighted by atomic mass is 19.1. The standard InChI is InChI=1S/C15H20F2N2/c1-4-10(2)5-11(3)19-9-13-14(16)6-12(8-18)7-15(13)17/h6-7,10-11,19H,4-5,9H2,1-3H3. The fraction of sp³-hybridized carbons (Fsp3) is 0.533. The summed E-state index contributed by atoms with van der Waals surface area (Å²) in [6.07, 6.45) is 2.06. The van der Waals surface area contributed by atoms with Crippen molar-refractivity contribution in [3.05, 3.63) is 34.9 Å². The van der Waals surface area contributed by atoms with Crippen LogP contribution in [0.4, 0.5) is 8.78 Å². The van der Waals surface area contributed by atoms with Crippen LogP contribution in [-0.2, 0) is 6.54 Å². The first-order valence-corrected chi connectivity index (χ1v) is 6.59. The highest BCUT2D eigenvalue weighted by Gasteiger charge is 2.13. The lowest BCUT2D eigenvalue weighted by molar-refractivity contribution is 0.405. The zero-order valence-electron chi connectivity index (χ0n) is 11.6. The fourth-order valence-electron chi connectivity index (χ4n) is 1.97. The second kappa shape index (κ2) is 7.20. The van der Waals surface area contributed by atoms with Crippen molar-refractivity contribution in [3.63, 3.8) is 0 Å². The van der Waals surface area contributed by atoms with Crippen LogP contribution in [0.1, 0.15) is 44.7 Å². The zero-order valence-corrected chi connectivity index (χ0v) is 11.6. The predicted molar refractivity (Wildman–Crippen MR) is 71.4 cm³/mol. The van der Waals surface area contributed by atoms with Crippen molar-refractivity contribution in [1.82, 2.24) is 5.32 Å². The first-order chi connectivity index (χ1) is 8.97. The minimum atomic E-state index is -0.667. The van der Waals surface area contributed by atoms with Crippen LogP contribution in [0.15, 0.2) is 12.1 Å². The Balaban J connectivity index is 2.66. The Morgan fingerprint density at radius 3 is 2.32 bits per heavy atom. The number of hydrogen-bond donors (Lipinski definition) is 1. The molecular weight excluding hydrogens is 246 g/mol. The molecule has 0 amide bonds. The Kier molecular flexibility index (Phi) is 5.91. The summed E-state index contributed by atoms with van der Waals surface area (Å²) in [6, 6.07) is 4.07. The monoisotopic (exact) mass is 266 g/mol. The van der Waals surface area contributed by atoms with Crippen LogP contribution in [0.3, 0.4) is 0 Å². The Morgan fingerprint density at radius 2 is 1.84 bits per heavy atom. The SMILES string of the molecule is CCC(C)CC(C)NCc1c(F)cc(C#N)cc1F. The summed E-state index contributed by atoms with van der Waals surface area (Å²) in [5, 5.41) is 11.7. The third-order valence-corrected chi connectivity index (χ3v) is 3.35. The number of nitrogens with zero attached hydrogens (tertiary/aromatic N) is 1. The average molecular weight is 266 g/mol. The smallest absolute Gasteiger partial charge is 0.131 e. The molecule has 19 heavy (non-hydrogen) atoms. The molecule has 0 radical (unpaired) electrons. The summed E-state index contributed by atoms with van der Waals surface area (Å²) >= 11 is 0. The topological polar surface area (TPSA) is 35.8 Å². The molecule has 0 aliphatic rings. The summed E-state index contributed by atoms with van der Waals surface area (Å²) in [5.74, 6) is -0.752. The van der Waals surface area contributed by atoms with Gasteiger partial charge in [0, 0.05) is 18.2 Å². The maximum Gasteiger partial charge on any atom is 0.131 e. The van der Waals surface area contributed by atoms with Crippen LogP contribution in [0.2, 0.25) is 0 Å². The normalized spacial score (nSPS) is 13.9. The summed E-state index contributed by atoms with van der Waals surface area (Å²) in [7, 11) is 0. The number of nitriles is 1. The molecule has 2 unspecified atom stereocenters. The van der Waals surface area contributed by atoms with E-state index in [1.165, 1.54) is 0 Å². The van der Waals surface area contributed by atoms with Gasteiger partial charge in [-0.25, -0.2) is 8.78 Å². The fourth-order valence-corrected chi connectivity index (χ4v) is 1.97. The molecule has 2 nitrogen and oxygen atoms in total. The van der Waals surface area contributed by atoms with Crippen molar-refractivity contribution in [2.24, 2.45) is 5.92 Å². The summed E-state index contributed by atoms with van der Waals surface area (Å²) in [4.78, 5) is 0. The van der Waals surface area contributed by atoms with E-state index >= 15 is 0 Å². The molecule has 0 spiro atoms. The van der Waals surface area contributed by atoms with Crippen LogP contribution >= 0.6 is 0 Å². The lowest BCUT2D eigenvalue weighted by Gasteiger charge is -2.18. The summed E-state index contributed by atoms with van der Waals surface area (Å²) in [5.41, 5.74) is 0.00130. The van der Waals surface area contributed by atoms with Crippen molar-refractivity contribution >= 4 is 0 Å². The van der Waals surface area contributed by atoms with Gasteiger partial charge >= 0.3 is 0 Å². The van der Waals surface area contributed by atoms with Crippen molar-refractivity contribution < 1.29 is 8.78 Å². The molecule has 104 valence electrons. The maximum atomic E-state index is 13.6. The molecule has 0 saturated heterocycles. The number of rotatable bonds is 6. The van der Waals surface area contributed by atoms with E-state index in [9.17, 15) is 8.78 Å². The molecule has 2 atom stereocenters. The first kappa shape index (κ1) is 15.6. The molecule has 0 heterocycles. The molecule has 1 N–H and O–H groups in total. The third-order valence-electron chi connectivity index (χ3n) is 3.35. The minimum Gasteiger partial charge on any atom is -0.310 e. The number of nitrogens with one attached hydrogen (secondary N) is 1. The van der Waals surface area contributed by atoms with E-state index in [1.807, 2.05) is 6.92 Å². The van der Waals surface area contributed by atoms with E-state index < -0.39 is 11.6 Å². The quantitative estimate of drug-likeness (QED) is 0.851. The van der Waals surface area contributed by atoms with E-state index in [2.05, 4.69) is 19.2 Å². The zero-order chi connectivity index (χ0) is 14.4. The van der Waals surface area contributed by atoms with Gasteiger partial charge in [-0.2, -0.15) is 5.26 Å². The Hall–Kier alpha value is -1.47. The predicted octanol–water partition coefficient (Wildman–Crippen LogP) is 3.75. The number of hydrogen-bond acceptors (Lipinski definition) is 2. The van der Waals surface area contributed by atoms with Crippen molar-refractivity contribution in [1.29, 1.82) is 5.26 Å². The van der Waals surface area contributed by atoms with E-state index in [0.717, 1.165) is 25.0 Å². The van der Waals surface area contributed by atoms with Crippen LogP contribution in [0.25, 0.3) is 0 Å². The van der Waals surface area contributed by atoms with E-state index in [1.54, 1.807) is 6.07 Å². The highest BCUT2D eigenvalue weighted by molar-refractivity contribution is 5.34. The largest absolute Gasteiger partial charge is 0.310 e. The second-order valence-electron chi connectivity index (χ2n) is 5.06. The molecule has 0 fully saturated rings. The van der Waals surface area contributed by atoms with Crippen LogP contribution in [0, 0.1) is 28.9 Å². The molecular formula is C15H20F2N2. The molecule has 1 aromatic carbocycles. The summed E-state index contributed by atoms with van der Waals surface area (Å²) < 4.78 is 27.3. The van der Waals surface area contributed by atoms with Crippen molar-refractivity contribution in [3.8, 4) is 6.07 Å². The first-order valence-electron chi connectivity index (χ1n) is 6.59. The van der Waals surface area contributed by atoms with Crippen molar-refractivity contribution in [2.45, 2.75) is 46.2 Å². The van der Waals surface area contributed by atoms with Gasteiger partial charge in [0.05, 0.1) is 11.6 Å². The molecule has 0 aliphatic carbocycles.